The zero-order chi connectivity index (χ0) is 18.1. The van der Waals surface area contributed by atoms with Crippen molar-refractivity contribution in [2.45, 2.75) is 6.42 Å². The molecule has 2 N–H and O–H groups in total. The van der Waals surface area contributed by atoms with Crippen LogP contribution in [-0.4, -0.2) is 67.6 Å². The highest BCUT2D eigenvalue weighted by Crippen LogP contribution is 2.12. The molecule has 0 saturated carbocycles. The fourth-order valence-corrected chi connectivity index (χ4v) is 2.44. The number of nitrogens with zero attached hydrogens (tertiary/aromatic N) is 2. The Kier molecular flexibility index (Phi) is 7.30. The minimum absolute atomic E-state index is 0.148. The normalized spacial score (nSPS) is 14.7. The summed E-state index contributed by atoms with van der Waals surface area (Å²) >= 11 is 0. The molecule has 0 bridgehead atoms. The molecule has 9 heteroatoms. The summed E-state index contributed by atoms with van der Waals surface area (Å²) in [5.41, 5.74) is -0.0190. The number of nitro groups is 1. The van der Waals surface area contributed by atoms with Crippen LogP contribution in [0.25, 0.3) is 0 Å². The largest absolute Gasteiger partial charge is 0.379 e. The van der Waals surface area contributed by atoms with E-state index in [4.69, 9.17) is 4.74 Å². The van der Waals surface area contributed by atoms with Crippen molar-refractivity contribution in [3.8, 4) is 0 Å². The highest BCUT2D eigenvalue weighted by molar-refractivity contribution is 5.96. The maximum Gasteiger partial charge on any atom is 0.270 e. The Bertz CT molecular complexity index is 616. The monoisotopic (exact) mass is 350 g/mol. The second kappa shape index (κ2) is 9.70. The van der Waals surface area contributed by atoms with Gasteiger partial charge in [0.05, 0.1) is 24.7 Å². The molecule has 0 radical (unpaired) electrons. The number of hydrogen-bond acceptors (Lipinski definition) is 6. The van der Waals surface area contributed by atoms with Gasteiger partial charge in [0.2, 0.25) is 5.91 Å². The number of carbonyl (C=O) groups is 2. The lowest BCUT2D eigenvalue weighted by atomic mass is 10.2. The summed E-state index contributed by atoms with van der Waals surface area (Å²) in [4.78, 5) is 36.1. The van der Waals surface area contributed by atoms with Crippen molar-refractivity contribution in [2.75, 3.05) is 45.9 Å². The molecule has 0 spiro atoms. The van der Waals surface area contributed by atoms with Crippen LogP contribution in [0, 0.1) is 10.1 Å². The smallest absolute Gasteiger partial charge is 0.270 e. The zero-order valence-electron chi connectivity index (χ0n) is 13.9. The first-order valence-corrected chi connectivity index (χ1v) is 8.16. The Morgan fingerprint density at radius 3 is 2.72 bits per heavy atom. The first-order chi connectivity index (χ1) is 12.1. The predicted octanol–water partition coefficient (Wildman–Crippen LogP) is 0.163. The molecular weight excluding hydrogens is 328 g/mol. The third-order valence-electron chi connectivity index (χ3n) is 3.81. The van der Waals surface area contributed by atoms with E-state index in [9.17, 15) is 19.7 Å². The number of nitro benzene ring substituents is 1. The molecule has 0 atom stereocenters. The van der Waals surface area contributed by atoms with Crippen LogP contribution in [0.3, 0.4) is 0 Å². The molecule has 1 saturated heterocycles. The highest BCUT2D eigenvalue weighted by atomic mass is 16.6. The topological polar surface area (TPSA) is 114 Å². The molecule has 1 aliphatic rings. The van der Waals surface area contributed by atoms with Gasteiger partial charge < -0.3 is 15.4 Å². The summed E-state index contributed by atoms with van der Waals surface area (Å²) in [5.74, 6) is -0.812. The minimum atomic E-state index is -0.571. The second-order valence-corrected chi connectivity index (χ2v) is 5.65. The van der Waals surface area contributed by atoms with Crippen molar-refractivity contribution in [3.05, 3.63) is 39.9 Å². The van der Waals surface area contributed by atoms with E-state index in [0.717, 1.165) is 39.3 Å². The number of hydrogen-bond donors (Lipinski definition) is 2. The third-order valence-corrected chi connectivity index (χ3v) is 3.81. The number of non-ortho nitro benzene ring substituents is 1. The average Bonchev–Trinajstić information content (AvgIpc) is 2.64. The average molecular weight is 350 g/mol. The van der Waals surface area contributed by atoms with Crippen molar-refractivity contribution in [3.63, 3.8) is 0 Å². The third kappa shape index (κ3) is 6.48. The molecule has 0 aromatic heterocycles. The number of carbonyl (C=O) groups excluding carboxylic acids is 2. The lowest BCUT2D eigenvalue weighted by molar-refractivity contribution is -0.384. The van der Waals surface area contributed by atoms with Crippen LogP contribution >= 0.6 is 0 Å². The van der Waals surface area contributed by atoms with Crippen LogP contribution in [-0.2, 0) is 9.53 Å². The standard InChI is InChI=1S/C16H22N4O5/c21-15(17-5-2-6-19-7-9-25-10-8-19)12-18-16(22)13-3-1-4-14(11-13)20(23)24/h1,3-4,11H,2,5-10,12H2,(H,17,21)(H,18,22). The number of morpholine rings is 1. The van der Waals surface area contributed by atoms with Crippen molar-refractivity contribution >= 4 is 17.5 Å². The molecule has 136 valence electrons. The van der Waals surface area contributed by atoms with E-state index in [1.54, 1.807) is 0 Å². The van der Waals surface area contributed by atoms with Crippen LogP contribution < -0.4 is 10.6 Å². The Hall–Kier alpha value is -2.52. The zero-order valence-corrected chi connectivity index (χ0v) is 13.9. The summed E-state index contributed by atoms with van der Waals surface area (Å²) in [6.07, 6.45) is 0.824. The second-order valence-electron chi connectivity index (χ2n) is 5.65. The van der Waals surface area contributed by atoms with E-state index in [2.05, 4.69) is 15.5 Å². The number of amides is 2. The van der Waals surface area contributed by atoms with Crippen LogP contribution in [0.1, 0.15) is 16.8 Å². The van der Waals surface area contributed by atoms with Crippen molar-refractivity contribution < 1.29 is 19.2 Å². The molecule has 2 amide bonds. The summed E-state index contributed by atoms with van der Waals surface area (Å²) in [7, 11) is 0. The maximum absolute atomic E-state index is 11.9. The van der Waals surface area contributed by atoms with Crippen LogP contribution in [0.15, 0.2) is 24.3 Å². The van der Waals surface area contributed by atoms with Gasteiger partial charge >= 0.3 is 0 Å². The summed E-state index contributed by atoms with van der Waals surface area (Å²) < 4.78 is 5.27. The predicted molar refractivity (Wildman–Crippen MR) is 90.3 cm³/mol. The first kappa shape index (κ1) is 18.8. The lowest BCUT2D eigenvalue weighted by Crippen LogP contribution is -2.40. The quantitative estimate of drug-likeness (QED) is 0.392. The Morgan fingerprint density at radius 2 is 2.00 bits per heavy atom. The van der Waals surface area contributed by atoms with Crippen LogP contribution in [0.2, 0.25) is 0 Å². The fourth-order valence-electron chi connectivity index (χ4n) is 2.44. The number of benzene rings is 1. The van der Waals surface area contributed by atoms with Crippen LogP contribution in [0.5, 0.6) is 0 Å². The highest BCUT2D eigenvalue weighted by Gasteiger charge is 2.13. The van der Waals surface area contributed by atoms with Gasteiger partial charge in [-0.15, -0.1) is 0 Å². The molecule has 9 nitrogen and oxygen atoms in total. The summed E-state index contributed by atoms with van der Waals surface area (Å²) in [6.45, 7) is 4.57. The van der Waals surface area contributed by atoms with Gasteiger partial charge in [-0.3, -0.25) is 24.6 Å². The fraction of sp³-hybridized carbons (Fsp3) is 0.500. The molecule has 1 fully saturated rings. The van der Waals surface area contributed by atoms with Crippen molar-refractivity contribution in [1.29, 1.82) is 0 Å². The van der Waals surface area contributed by atoms with Crippen molar-refractivity contribution in [1.82, 2.24) is 15.5 Å². The Balaban J connectivity index is 1.64. The van der Waals surface area contributed by atoms with Crippen molar-refractivity contribution in [2.24, 2.45) is 0 Å². The van der Waals surface area contributed by atoms with Gasteiger partial charge in [0.15, 0.2) is 0 Å². The number of rotatable bonds is 8. The van der Waals surface area contributed by atoms with Gasteiger partial charge in [-0.05, 0) is 19.0 Å². The summed E-state index contributed by atoms with van der Waals surface area (Å²) in [5, 5.41) is 15.9. The van der Waals surface area contributed by atoms with Gasteiger partial charge in [0.1, 0.15) is 0 Å². The number of ether oxygens (including phenoxy) is 1. The molecule has 25 heavy (non-hydrogen) atoms. The molecule has 0 unspecified atom stereocenters. The summed E-state index contributed by atoms with van der Waals surface area (Å²) in [6, 6.07) is 5.37. The van der Waals surface area contributed by atoms with E-state index in [1.807, 2.05) is 0 Å². The first-order valence-electron chi connectivity index (χ1n) is 8.16. The maximum atomic E-state index is 11.9. The molecule has 0 aliphatic carbocycles. The van der Waals surface area contributed by atoms with E-state index < -0.39 is 10.8 Å². The van der Waals surface area contributed by atoms with Gasteiger partial charge in [0, 0.05) is 37.3 Å². The van der Waals surface area contributed by atoms with E-state index in [0.29, 0.717) is 6.54 Å². The van der Waals surface area contributed by atoms with Gasteiger partial charge in [-0.2, -0.15) is 0 Å². The molecule has 1 aliphatic heterocycles. The molecule has 1 aromatic carbocycles. The van der Waals surface area contributed by atoms with Gasteiger partial charge in [-0.25, -0.2) is 0 Å². The minimum Gasteiger partial charge on any atom is -0.379 e. The lowest BCUT2D eigenvalue weighted by Gasteiger charge is -2.26. The molecule has 2 rings (SSSR count). The van der Waals surface area contributed by atoms with E-state index in [1.165, 1.54) is 24.3 Å². The van der Waals surface area contributed by atoms with Crippen LogP contribution in [0.4, 0.5) is 5.69 Å². The molecule has 1 heterocycles. The van der Waals surface area contributed by atoms with Gasteiger partial charge in [-0.1, -0.05) is 6.07 Å². The van der Waals surface area contributed by atoms with E-state index >= 15 is 0 Å². The van der Waals surface area contributed by atoms with E-state index in [-0.39, 0.29) is 23.7 Å². The number of nitrogens with one attached hydrogen (secondary N) is 2. The Labute approximate surface area is 145 Å². The SMILES string of the molecule is O=C(CNC(=O)c1cccc([N+](=O)[O-])c1)NCCCN1CCOCC1. The molecule has 1 aromatic rings. The van der Waals surface area contributed by atoms with Gasteiger partial charge in [0.25, 0.3) is 11.6 Å². The molecular formula is C16H22N4O5. The Morgan fingerprint density at radius 1 is 1.24 bits per heavy atom.